The highest BCUT2D eigenvalue weighted by Crippen LogP contribution is 2.31. The van der Waals surface area contributed by atoms with E-state index in [2.05, 4.69) is 33.2 Å². The predicted octanol–water partition coefficient (Wildman–Crippen LogP) is 2.28. The van der Waals surface area contributed by atoms with E-state index in [1.807, 2.05) is 10.5 Å². The lowest BCUT2D eigenvalue weighted by Crippen LogP contribution is -1.89. The van der Waals surface area contributed by atoms with Gasteiger partial charge in [-0.3, -0.25) is 0 Å². The largest absolute Gasteiger partial charge is 0.398 e. The minimum Gasteiger partial charge on any atom is -0.398 e. The third-order valence-corrected chi connectivity index (χ3v) is 3.82. The van der Waals surface area contributed by atoms with Crippen molar-refractivity contribution in [2.75, 3.05) is 5.73 Å². The van der Waals surface area contributed by atoms with Gasteiger partial charge in [0.05, 0.1) is 29.7 Å². The number of anilines is 1. The van der Waals surface area contributed by atoms with Crippen LogP contribution in [0, 0.1) is 11.3 Å². The van der Waals surface area contributed by atoms with Crippen molar-refractivity contribution in [3.63, 3.8) is 0 Å². The molecule has 6 heteroatoms. The van der Waals surface area contributed by atoms with E-state index < -0.39 is 0 Å². The molecule has 2 aromatic rings. The minimum absolute atomic E-state index is 0.513. The van der Waals surface area contributed by atoms with Gasteiger partial charge in [-0.2, -0.15) is 10.4 Å². The van der Waals surface area contributed by atoms with Gasteiger partial charge in [0.2, 0.25) is 0 Å². The van der Waals surface area contributed by atoms with Gasteiger partial charge in [-0.05, 0) is 34.2 Å². The van der Waals surface area contributed by atoms with E-state index in [0.717, 1.165) is 10.9 Å². The normalized spacial score (nSPS) is 11.1. The molecular weight excluding hydrogens is 310 g/mol. The quantitative estimate of drug-likeness (QED) is 0.499. The summed E-state index contributed by atoms with van der Waals surface area (Å²) in [6, 6.07) is 5.56. The van der Waals surface area contributed by atoms with Gasteiger partial charge >= 0.3 is 0 Å². The molecule has 1 aromatic carbocycles. The van der Waals surface area contributed by atoms with E-state index in [1.165, 1.54) is 0 Å². The molecule has 0 amide bonds. The molecule has 0 aliphatic heterocycles. The van der Waals surface area contributed by atoms with Gasteiger partial charge in [-0.15, -0.1) is 0 Å². The summed E-state index contributed by atoms with van der Waals surface area (Å²) in [5, 5.41) is 13.9. The number of halogens is 1. The van der Waals surface area contributed by atoms with Crippen LogP contribution >= 0.6 is 28.4 Å². The molecule has 0 aliphatic carbocycles. The molecule has 2 rings (SSSR count). The molecule has 2 N–H and O–H groups in total. The summed E-state index contributed by atoms with van der Waals surface area (Å²) in [7, 11) is 0. The average Bonchev–Trinajstić information content (AvgIpc) is 2.61. The Bertz CT molecular complexity index is 528. The number of hydrogen-bond donors (Lipinski definition) is 1. The van der Waals surface area contributed by atoms with Crippen LogP contribution in [0.2, 0.25) is 0 Å². The van der Waals surface area contributed by atoms with Gasteiger partial charge in [0.25, 0.3) is 0 Å². The van der Waals surface area contributed by atoms with Crippen molar-refractivity contribution >= 4 is 45.0 Å². The van der Waals surface area contributed by atoms with Gasteiger partial charge in [-0.25, -0.2) is 4.45 Å². The maximum Gasteiger partial charge on any atom is 0.0993 e. The SMILES string of the molecule is N#Cc1cc(N)c2cnn(PI)c2c1. The number of aromatic nitrogens is 2. The van der Waals surface area contributed by atoms with Crippen molar-refractivity contribution in [2.45, 2.75) is 0 Å². The number of nitrogen functional groups attached to an aromatic ring is 1. The molecule has 0 spiro atoms. The van der Waals surface area contributed by atoms with Crippen LogP contribution in [-0.4, -0.2) is 9.55 Å². The molecule has 1 atom stereocenters. The molecule has 0 fully saturated rings. The zero-order chi connectivity index (χ0) is 10.1. The number of nitrogens with zero attached hydrogens (tertiary/aromatic N) is 3. The number of nitrogens with two attached hydrogens (primary N) is 1. The summed E-state index contributed by atoms with van der Waals surface area (Å²) in [5.41, 5.74) is 7.91. The van der Waals surface area contributed by atoms with Crippen molar-refractivity contribution in [1.82, 2.24) is 9.55 Å². The van der Waals surface area contributed by atoms with Gasteiger partial charge in [0.15, 0.2) is 0 Å². The molecule has 1 unspecified atom stereocenters. The molecule has 0 radical (unpaired) electrons. The van der Waals surface area contributed by atoms with Crippen molar-refractivity contribution in [3.8, 4) is 6.07 Å². The summed E-state index contributed by atoms with van der Waals surface area (Å²) in [6.07, 6.45) is 2.25. The van der Waals surface area contributed by atoms with Crippen LogP contribution < -0.4 is 5.73 Å². The fourth-order valence-electron chi connectivity index (χ4n) is 1.29. The van der Waals surface area contributed by atoms with Crippen molar-refractivity contribution in [2.24, 2.45) is 0 Å². The summed E-state index contributed by atoms with van der Waals surface area (Å²) < 4.78 is 1.84. The highest BCUT2D eigenvalue weighted by Gasteiger charge is 2.06. The van der Waals surface area contributed by atoms with Crippen LogP contribution in [0.3, 0.4) is 0 Å². The minimum atomic E-state index is 0.513. The molecule has 4 nitrogen and oxygen atoms in total. The first-order valence-corrected chi connectivity index (χ1v) is 7.86. The summed E-state index contributed by atoms with van der Waals surface area (Å²) in [6.45, 7) is 0. The smallest absolute Gasteiger partial charge is 0.0993 e. The third-order valence-electron chi connectivity index (χ3n) is 1.93. The molecule has 1 aromatic heterocycles. The fraction of sp³-hybridized carbons (Fsp3) is 0. The lowest BCUT2D eigenvalue weighted by atomic mass is 10.1. The average molecular weight is 316 g/mol. The van der Waals surface area contributed by atoms with Crippen molar-refractivity contribution < 1.29 is 0 Å². The first kappa shape index (κ1) is 9.69. The van der Waals surface area contributed by atoms with Gasteiger partial charge < -0.3 is 5.73 Å². The van der Waals surface area contributed by atoms with Crippen molar-refractivity contribution in [3.05, 3.63) is 23.9 Å². The number of benzene rings is 1. The van der Waals surface area contributed by atoms with Crippen LogP contribution in [0.1, 0.15) is 5.56 Å². The lowest BCUT2D eigenvalue weighted by Gasteiger charge is -1.99. The van der Waals surface area contributed by atoms with E-state index in [0.29, 0.717) is 17.6 Å². The standard InChI is InChI=1S/C8H6IN4P/c9-14-13-8-2-5(3-10)1-7(11)6(8)4-12-13/h1-2,4,14H,11H2. The molecule has 1 heterocycles. The fourth-order valence-corrected chi connectivity index (χ4v) is 2.82. The van der Waals surface area contributed by atoms with Gasteiger partial charge in [-0.1, -0.05) is 0 Å². The number of hydrogen-bond acceptors (Lipinski definition) is 3. The van der Waals surface area contributed by atoms with Crippen LogP contribution in [0.15, 0.2) is 18.3 Å². The Hall–Kier alpha value is -0.860. The summed E-state index contributed by atoms with van der Waals surface area (Å²) >= 11 is 2.24. The number of fused-ring (bicyclic) bond motifs is 1. The highest BCUT2D eigenvalue weighted by atomic mass is 127. The Kier molecular flexibility index (Phi) is 2.57. The first-order valence-electron chi connectivity index (χ1n) is 3.80. The Labute approximate surface area is 95.4 Å². The van der Waals surface area contributed by atoms with Crippen LogP contribution in [0.4, 0.5) is 5.69 Å². The second-order valence-electron chi connectivity index (χ2n) is 2.75. The van der Waals surface area contributed by atoms with Crippen LogP contribution in [0.25, 0.3) is 10.9 Å². The van der Waals surface area contributed by atoms with E-state index in [-0.39, 0.29) is 0 Å². The maximum atomic E-state index is 8.79. The molecule has 0 saturated carbocycles. The Morgan fingerprint density at radius 1 is 1.57 bits per heavy atom. The monoisotopic (exact) mass is 316 g/mol. The van der Waals surface area contributed by atoms with Crippen LogP contribution in [-0.2, 0) is 0 Å². The number of rotatable bonds is 1. The Balaban J connectivity index is 2.82. The van der Waals surface area contributed by atoms with Crippen molar-refractivity contribution in [1.29, 1.82) is 5.26 Å². The van der Waals surface area contributed by atoms with E-state index >= 15 is 0 Å². The Morgan fingerprint density at radius 2 is 2.36 bits per heavy atom. The van der Waals surface area contributed by atoms with E-state index in [9.17, 15) is 0 Å². The van der Waals surface area contributed by atoms with Gasteiger partial charge in [0, 0.05) is 11.1 Å². The summed E-state index contributed by atoms with van der Waals surface area (Å²) in [5.74, 6) is 0. The molecule has 70 valence electrons. The zero-order valence-electron chi connectivity index (χ0n) is 7.03. The molecule has 0 saturated heterocycles. The van der Waals surface area contributed by atoms with E-state index in [1.54, 1.807) is 12.3 Å². The van der Waals surface area contributed by atoms with Gasteiger partial charge in [0.1, 0.15) is 0 Å². The topological polar surface area (TPSA) is 67.6 Å². The Morgan fingerprint density at radius 3 is 3.00 bits per heavy atom. The predicted molar refractivity (Wildman–Crippen MR) is 66.6 cm³/mol. The van der Waals surface area contributed by atoms with E-state index in [4.69, 9.17) is 11.0 Å². The first-order chi connectivity index (χ1) is 6.76. The molecule has 0 bridgehead atoms. The molecule has 0 aliphatic rings. The second kappa shape index (κ2) is 3.71. The second-order valence-corrected chi connectivity index (χ2v) is 4.79. The van der Waals surface area contributed by atoms with Crippen LogP contribution in [0.5, 0.6) is 0 Å². The summed E-state index contributed by atoms with van der Waals surface area (Å²) in [4.78, 5) is 0. The maximum absolute atomic E-state index is 8.79. The highest BCUT2D eigenvalue weighted by molar-refractivity contribution is 14.2. The lowest BCUT2D eigenvalue weighted by molar-refractivity contribution is 1.04. The number of nitriles is 1. The third kappa shape index (κ3) is 1.45. The zero-order valence-corrected chi connectivity index (χ0v) is 10.2. The molecular formula is C8H6IN4P. The molecule has 14 heavy (non-hydrogen) atoms.